The lowest BCUT2D eigenvalue weighted by Crippen LogP contribution is -2.13. The van der Waals surface area contributed by atoms with E-state index in [1.165, 1.54) is 5.56 Å². The van der Waals surface area contributed by atoms with E-state index in [1.54, 1.807) is 24.3 Å². The van der Waals surface area contributed by atoms with Crippen LogP contribution in [0.3, 0.4) is 0 Å². The van der Waals surface area contributed by atoms with Gasteiger partial charge in [-0.05, 0) is 41.7 Å². The van der Waals surface area contributed by atoms with E-state index in [9.17, 15) is 9.90 Å². The van der Waals surface area contributed by atoms with Crippen molar-refractivity contribution in [2.75, 3.05) is 11.9 Å². The number of amides is 1. The molecule has 0 saturated carbocycles. The van der Waals surface area contributed by atoms with E-state index in [2.05, 4.69) is 38.2 Å². The topological polar surface area (TPSA) is 58.6 Å². The first-order valence-electron chi connectivity index (χ1n) is 8.17. The molecule has 0 radical (unpaired) electrons. The standard InChI is InChI=1S/C20H25NO3/c1-20(2,3)15-10-12-16(13-11-15)24-14-6-9-19(23)21-17-7-4-5-8-18(17)22/h4-5,7-8,10-13,22H,6,9,14H2,1-3H3,(H,21,23). The zero-order valence-corrected chi connectivity index (χ0v) is 14.5. The van der Waals surface area contributed by atoms with E-state index in [4.69, 9.17) is 4.74 Å². The van der Waals surface area contributed by atoms with Gasteiger partial charge in [-0.3, -0.25) is 4.79 Å². The van der Waals surface area contributed by atoms with Crippen LogP contribution in [-0.2, 0) is 10.2 Å². The Morgan fingerprint density at radius 1 is 1.08 bits per heavy atom. The monoisotopic (exact) mass is 327 g/mol. The molecule has 0 aliphatic carbocycles. The van der Waals surface area contributed by atoms with Gasteiger partial charge in [0.15, 0.2) is 0 Å². The minimum Gasteiger partial charge on any atom is -0.506 e. The van der Waals surface area contributed by atoms with Crippen LogP contribution < -0.4 is 10.1 Å². The summed E-state index contributed by atoms with van der Waals surface area (Å²) in [5, 5.41) is 12.3. The van der Waals surface area contributed by atoms with Crippen molar-refractivity contribution in [3.8, 4) is 11.5 Å². The number of carbonyl (C=O) groups excluding carboxylic acids is 1. The predicted octanol–water partition coefficient (Wildman–Crippen LogP) is 4.49. The predicted molar refractivity (Wildman–Crippen MR) is 96.6 cm³/mol. The molecule has 0 aliphatic heterocycles. The molecule has 2 aromatic rings. The minimum absolute atomic E-state index is 0.0704. The lowest BCUT2D eigenvalue weighted by atomic mass is 9.87. The summed E-state index contributed by atoms with van der Waals surface area (Å²) in [5.74, 6) is 0.744. The van der Waals surface area contributed by atoms with Gasteiger partial charge in [-0.1, -0.05) is 45.0 Å². The summed E-state index contributed by atoms with van der Waals surface area (Å²) >= 11 is 0. The van der Waals surface area contributed by atoms with Crippen LogP contribution in [0.5, 0.6) is 11.5 Å². The molecule has 4 nitrogen and oxygen atoms in total. The number of carbonyl (C=O) groups is 1. The summed E-state index contributed by atoms with van der Waals surface area (Å²) in [4.78, 5) is 11.9. The highest BCUT2D eigenvalue weighted by molar-refractivity contribution is 5.92. The number of nitrogens with one attached hydrogen (secondary N) is 1. The minimum atomic E-state index is -0.136. The summed E-state index contributed by atoms with van der Waals surface area (Å²) < 4.78 is 5.67. The van der Waals surface area contributed by atoms with E-state index >= 15 is 0 Å². The van der Waals surface area contributed by atoms with Crippen molar-refractivity contribution < 1.29 is 14.6 Å². The number of hydrogen-bond donors (Lipinski definition) is 2. The highest BCUT2D eigenvalue weighted by Gasteiger charge is 2.13. The highest BCUT2D eigenvalue weighted by atomic mass is 16.5. The fourth-order valence-corrected chi connectivity index (χ4v) is 2.27. The van der Waals surface area contributed by atoms with E-state index in [1.807, 2.05) is 12.1 Å². The third-order valence-corrected chi connectivity index (χ3v) is 3.72. The lowest BCUT2D eigenvalue weighted by molar-refractivity contribution is -0.116. The third kappa shape index (κ3) is 5.30. The van der Waals surface area contributed by atoms with Crippen LogP contribution in [0, 0.1) is 0 Å². The van der Waals surface area contributed by atoms with E-state index in [0.717, 1.165) is 5.75 Å². The summed E-state index contributed by atoms with van der Waals surface area (Å²) in [5.41, 5.74) is 1.82. The summed E-state index contributed by atoms with van der Waals surface area (Å²) in [6.45, 7) is 6.99. The quantitative estimate of drug-likeness (QED) is 0.607. The molecule has 24 heavy (non-hydrogen) atoms. The Hall–Kier alpha value is -2.49. The maximum atomic E-state index is 11.9. The van der Waals surface area contributed by atoms with Gasteiger partial charge < -0.3 is 15.2 Å². The molecule has 0 atom stereocenters. The average molecular weight is 327 g/mol. The SMILES string of the molecule is CC(C)(C)c1ccc(OCCCC(=O)Nc2ccccc2O)cc1. The zero-order chi connectivity index (χ0) is 17.6. The third-order valence-electron chi connectivity index (χ3n) is 3.72. The van der Waals surface area contributed by atoms with Crippen molar-refractivity contribution in [1.29, 1.82) is 0 Å². The number of rotatable bonds is 6. The Balaban J connectivity index is 1.73. The number of hydrogen-bond acceptors (Lipinski definition) is 3. The van der Waals surface area contributed by atoms with Crippen molar-refractivity contribution in [3.05, 3.63) is 54.1 Å². The Kier molecular flexibility index (Phi) is 5.85. The van der Waals surface area contributed by atoms with Gasteiger partial charge in [0.05, 0.1) is 12.3 Å². The van der Waals surface area contributed by atoms with Gasteiger partial charge in [0.2, 0.25) is 5.91 Å². The second kappa shape index (κ2) is 7.86. The fourth-order valence-electron chi connectivity index (χ4n) is 2.27. The molecule has 0 unspecified atom stereocenters. The Morgan fingerprint density at radius 3 is 2.38 bits per heavy atom. The largest absolute Gasteiger partial charge is 0.506 e. The number of para-hydroxylation sites is 2. The number of aromatic hydroxyl groups is 1. The molecule has 0 spiro atoms. The fraction of sp³-hybridized carbons (Fsp3) is 0.350. The second-order valence-electron chi connectivity index (χ2n) is 6.79. The zero-order valence-electron chi connectivity index (χ0n) is 14.5. The van der Waals surface area contributed by atoms with Crippen molar-refractivity contribution in [2.24, 2.45) is 0 Å². The summed E-state index contributed by atoms with van der Waals surface area (Å²) in [6, 6.07) is 14.7. The number of phenolic OH excluding ortho intramolecular Hbond substituents is 1. The normalized spacial score (nSPS) is 11.1. The van der Waals surface area contributed by atoms with Gasteiger partial charge >= 0.3 is 0 Å². The van der Waals surface area contributed by atoms with Crippen molar-refractivity contribution in [1.82, 2.24) is 0 Å². The first-order chi connectivity index (χ1) is 11.4. The van der Waals surface area contributed by atoms with Crippen LogP contribution >= 0.6 is 0 Å². The molecule has 4 heteroatoms. The van der Waals surface area contributed by atoms with Crippen LogP contribution in [0.4, 0.5) is 5.69 Å². The molecule has 0 aromatic heterocycles. The first kappa shape index (κ1) is 17.9. The molecule has 0 aliphatic rings. The van der Waals surface area contributed by atoms with Gasteiger partial charge in [-0.2, -0.15) is 0 Å². The Bertz CT molecular complexity index is 672. The first-order valence-corrected chi connectivity index (χ1v) is 8.17. The van der Waals surface area contributed by atoms with Crippen LogP contribution in [0.2, 0.25) is 0 Å². The maximum absolute atomic E-state index is 11.9. The van der Waals surface area contributed by atoms with Gasteiger partial charge in [0.25, 0.3) is 0 Å². The van der Waals surface area contributed by atoms with Crippen molar-refractivity contribution in [3.63, 3.8) is 0 Å². The lowest BCUT2D eigenvalue weighted by Gasteiger charge is -2.19. The molecule has 2 N–H and O–H groups in total. The van der Waals surface area contributed by atoms with Crippen LogP contribution in [0.25, 0.3) is 0 Å². The van der Waals surface area contributed by atoms with Crippen molar-refractivity contribution >= 4 is 11.6 Å². The van der Waals surface area contributed by atoms with E-state index in [0.29, 0.717) is 25.1 Å². The molecule has 1 amide bonds. The van der Waals surface area contributed by atoms with Gasteiger partial charge in [0, 0.05) is 6.42 Å². The molecule has 0 heterocycles. The van der Waals surface area contributed by atoms with Crippen molar-refractivity contribution in [2.45, 2.75) is 39.0 Å². The Morgan fingerprint density at radius 2 is 1.75 bits per heavy atom. The summed E-state index contributed by atoms with van der Waals surface area (Å²) in [6.07, 6.45) is 0.953. The number of anilines is 1. The molecule has 2 aromatic carbocycles. The van der Waals surface area contributed by atoms with Gasteiger partial charge in [-0.25, -0.2) is 0 Å². The molecule has 2 rings (SSSR count). The molecule has 0 saturated heterocycles. The molecule has 0 bridgehead atoms. The molecule has 128 valence electrons. The van der Waals surface area contributed by atoms with E-state index in [-0.39, 0.29) is 17.1 Å². The number of ether oxygens (including phenoxy) is 1. The van der Waals surface area contributed by atoms with Crippen LogP contribution in [-0.4, -0.2) is 17.6 Å². The Labute approximate surface area is 143 Å². The smallest absolute Gasteiger partial charge is 0.224 e. The van der Waals surface area contributed by atoms with Gasteiger partial charge in [0.1, 0.15) is 11.5 Å². The van der Waals surface area contributed by atoms with E-state index < -0.39 is 0 Å². The maximum Gasteiger partial charge on any atom is 0.224 e. The van der Waals surface area contributed by atoms with Crippen LogP contribution in [0.15, 0.2) is 48.5 Å². The highest BCUT2D eigenvalue weighted by Crippen LogP contribution is 2.24. The molecular weight excluding hydrogens is 302 g/mol. The number of benzene rings is 2. The molecule has 0 fully saturated rings. The average Bonchev–Trinajstić information content (AvgIpc) is 2.53. The molecular formula is C20H25NO3. The second-order valence-corrected chi connectivity index (χ2v) is 6.79. The van der Waals surface area contributed by atoms with Crippen LogP contribution in [0.1, 0.15) is 39.2 Å². The number of phenols is 1. The summed E-state index contributed by atoms with van der Waals surface area (Å²) in [7, 11) is 0. The van der Waals surface area contributed by atoms with Gasteiger partial charge in [-0.15, -0.1) is 0 Å².